The van der Waals surface area contributed by atoms with Gasteiger partial charge in [0, 0.05) is 28.2 Å². The number of carbonyl (C=O) groups is 1. The molecule has 1 unspecified atom stereocenters. The van der Waals surface area contributed by atoms with Crippen LogP contribution in [0.1, 0.15) is 40.2 Å². The normalized spacial score (nSPS) is 15.7. The van der Waals surface area contributed by atoms with Gasteiger partial charge >= 0.3 is 5.97 Å². The van der Waals surface area contributed by atoms with Crippen LogP contribution in [-0.4, -0.2) is 17.6 Å². The molecule has 0 saturated heterocycles. The van der Waals surface area contributed by atoms with E-state index < -0.39 is 0 Å². The summed E-state index contributed by atoms with van der Waals surface area (Å²) in [5.41, 5.74) is 3.69. The molecule has 4 rings (SSSR count). The molecule has 2 heterocycles. The average Bonchev–Trinajstić information content (AvgIpc) is 3.23. The van der Waals surface area contributed by atoms with Gasteiger partial charge < -0.3 is 10.1 Å². The fourth-order valence-corrected chi connectivity index (χ4v) is 4.35. The quantitative estimate of drug-likeness (QED) is 0.509. The molecule has 6 nitrogen and oxygen atoms in total. The van der Waals surface area contributed by atoms with Crippen molar-refractivity contribution in [2.75, 3.05) is 11.9 Å². The molecule has 3 aromatic rings. The maximum Gasteiger partial charge on any atom is 0.350 e. The summed E-state index contributed by atoms with van der Waals surface area (Å²) in [7, 11) is 0. The van der Waals surface area contributed by atoms with Crippen LogP contribution in [0.4, 0.5) is 11.4 Å². The van der Waals surface area contributed by atoms with Crippen molar-refractivity contribution < 1.29 is 9.53 Å². The lowest BCUT2D eigenvalue weighted by Crippen LogP contribution is -2.05. The Balaban J connectivity index is 1.74. The van der Waals surface area contributed by atoms with Gasteiger partial charge in [-0.3, -0.25) is 4.98 Å². The third-order valence-corrected chi connectivity index (χ3v) is 5.69. The van der Waals surface area contributed by atoms with Gasteiger partial charge in [-0.05, 0) is 49.1 Å². The van der Waals surface area contributed by atoms with Gasteiger partial charge in [-0.15, -0.1) is 11.3 Å². The standard InChI is InChI=1S/C19H17N3O3S/c1-2-25-19(23)18-17(14-10-20-8-7-16(14)26-18)21-12-4-5-13-11(9-12)3-6-15(13)22-24/h4-5,7-10,15,21H,2-3,6H2,1H3. The number of nitroso groups, excluding NO2 is 1. The van der Waals surface area contributed by atoms with Gasteiger partial charge in [0.2, 0.25) is 0 Å². The predicted octanol–water partition coefficient (Wildman–Crippen LogP) is 4.97. The Bertz CT molecular complexity index is 999. The lowest BCUT2D eigenvalue weighted by Gasteiger charge is -2.10. The van der Waals surface area contributed by atoms with E-state index in [1.54, 1.807) is 19.3 Å². The number of hydrogen-bond acceptors (Lipinski definition) is 7. The molecule has 0 amide bonds. The van der Waals surface area contributed by atoms with E-state index in [4.69, 9.17) is 4.74 Å². The van der Waals surface area contributed by atoms with E-state index in [0.29, 0.717) is 17.2 Å². The molecule has 0 fully saturated rings. The number of aromatic nitrogens is 1. The van der Waals surface area contributed by atoms with E-state index in [2.05, 4.69) is 15.5 Å². The number of esters is 1. The van der Waals surface area contributed by atoms with Crippen LogP contribution in [0.25, 0.3) is 10.1 Å². The number of rotatable bonds is 5. The van der Waals surface area contributed by atoms with Crippen LogP contribution in [0, 0.1) is 4.91 Å². The molecule has 132 valence electrons. The Morgan fingerprint density at radius 3 is 3.12 bits per heavy atom. The van der Waals surface area contributed by atoms with Crippen LogP contribution in [0.5, 0.6) is 0 Å². The second-order valence-electron chi connectivity index (χ2n) is 6.10. The predicted molar refractivity (Wildman–Crippen MR) is 102 cm³/mol. The van der Waals surface area contributed by atoms with Crippen molar-refractivity contribution in [1.29, 1.82) is 0 Å². The van der Waals surface area contributed by atoms with Gasteiger partial charge in [0.05, 0.1) is 12.3 Å². The van der Waals surface area contributed by atoms with E-state index >= 15 is 0 Å². The molecule has 1 N–H and O–H groups in total. The summed E-state index contributed by atoms with van der Waals surface area (Å²) in [4.78, 5) is 28.0. The molecule has 26 heavy (non-hydrogen) atoms. The zero-order chi connectivity index (χ0) is 18.1. The third-order valence-electron chi connectivity index (χ3n) is 4.54. The van der Waals surface area contributed by atoms with Crippen molar-refractivity contribution in [3.63, 3.8) is 0 Å². The Labute approximate surface area is 154 Å². The van der Waals surface area contributed by atoms with Crippen LogP contribution in [0.15, 0.2) is 41.8 Å². The van der Waals surface area contributed by atoms with E-state index in [9.17, 15) is 9.70 Å². The summed E-state index contributed by atoms with van der Waals surface area (Å²) >= 11 is 1.39. The summed E-state index contributed by atoms with van der Waals surface area (Å²) in [6, 6.07) is 7.51. The third kappa shape index (κ3) is 2.84. The summed E-state index contributed by atoms with van der Waals surface area (Å²) in [6.45, 7) is 2.11. The summed E-state index contributed by atoms with van der Waals surface area (Å²) < 4.78 is 6.17. The van der Waals surface area contributed by atoms with Crippen molar-refractivity contribution >= 4 is 38.8 Å². The lowest BCUT2D eigenvalue weighted by molar-refractivity contribution is 0.0533. The van der Waals surface area contributed by atoms with Crippen LogP contribution in [-0.2, 0) is 11.2 Å². The number of benzene rings is 1. The fourth-order valence-electron chi connectivity index (χ4n) is 3.33. The largest absolute Gasteiger partial charge is 0.462 e. The summed E-state index contributed by atoms with van der Waals surface area (Å²) in [5, 5.41) is 7.44. The van der Waals surface area contributed by atoms with E-state index in [0.717, 1.165) is 39.7 Å². The molecule has 1 aliphatic rings. The summed E-state index contributed by atoms with van der Waals surface area (Å²) in [5.74, 6) is -0.345. The topological polar surface area (TPSA) is 80.7 Å². The Hall–Kier alpha value is -2.80. The number of nitrogens with one attached hydrogen (secondary N) is 1. The molecule has 1 aliphatic carbocycles. The first kappa shape index (κ1) is 16.7. The van der Waals surface area contributed by atoms with Crippen molar-refractivity contribution in [2.45, 2.75) is 25.8 Å². The van der Waals surface area contributed by atoms with E-state index in [1.807, 2.05) is 24.3 Å². The first-order chi connectivity index (χ1) is 12.7. The van der Waals surface area contributed by atoms with E-state index in [-0.39, 0.29) is 12.0 Å². The number of nitrogens with zero attached hydrogens (tertiary/aromatic N) is 2. The number of pyridine rings is 1. The SMILES string of the molecule is CCOC(=O)c1sc2ccncc2c1Nc1ccc2c(c1)CCC2N=O. The zero-order valence-corrected chi connectivity index (χ0v) is 15.0. The molecule has 0 aliphatic heterocycles. The maximum atomic E-state index is 12.4. The van der Waals surface area contributed by atoms with Crippen molar-refractivity contribution in [3.05, 3.63) is 57.6 Å². The van der Waals surface area contributed by atoms with Gasteiger partial charge in [0.25, 0.3) is 0 Å². The molecular weight excluding hydrogens is 350 g/mol. The fraction of sp³-hybridized carbons (Fsp3) is 0.263. The Morgan fingerprint density at radius 2 is 2.31 bits per heavy atom. The minimum Gasteiger partial charge on any atom is -0.462 e. The monoisotopic (exact) mass is 367 g/mol. The minimum absolute atomic E-state index is 0.250. The lowest BCUT2D eigenvalue weighted by atomic mass is 10.1. The van der Waals surface area contributed by atoms with Crippen molar-refractivity contribution in [3.8, 4) is 0 Å². The number of carbonyl (C=O) groups excluding carboxylic acids is 1. The zero-order valence-electron chi connectivity index (χ0n) is 14.2. The number of hydrogen-bond donors (Lipinski definition) is 1. The van der Waals surface area contributed by atoms with Gasteiger partial charge in [0.15, 0.2) is 0 Å². The number of aryl methyl sites for hydroxylation is 1. The van der Waals surface area contributed by atoms with Gasteiger partial charge in [0.1, 0.15) is 10.9 Å². The summed E-state index contributed by atoms with van der Waals surface area (Å²) in [6.07, 6.45) is 5.04. The second kappa shape index (κ2) is 6.84. The first-order valence-corrected chi connectivity index (χ1v) is 9.29. The Kier molecular flexibility index (Phi) is 4.38. The molecule has 0 spiro atoms. The van der Waals surface area contributed by atoms with Gasteiger partial charge in [-0.2, -0.15) is 4.91 Å². The van der Waals surface area contributed by atoms with Crippen LogP contribution < -0.4 is 5.32 Å². The molecule has 1 aromatic carbocycles. The molecule has 1 atom stereocenters. The molecule has 2 aromatic heterocycles. The first-order valence-electron chi connectivity index (χ1n) is 8.47. The minimum atomic E-state index is -0.345. The van der Waals surface area contributed by atoms with Crippen molar-refractivity contribution in [1.82, 2.24) is 4.98 Å². The van der Waals surface area contributed by atoms with Crippen molar-refractivity contribution in [2.24, 2.45) is 5.18 Å². The molecular formula is C19H17N3O3S. The number of fused-ring (bicyclic) bond motifs is 2. The maximum absolute atomic E-state index is 12.4. The van der Waals surface area contributed by atoms with Crippen LogP contribution in [0.3, 0.4) is 0 Å². The highest BCUT2D eigenvalue weighted by Crippen LogP contribution is 2.40. The Morgan fingerprint density at radius 1 is 1.42 bits per heavy atom. The van der Waals surface area contributed by atoms with Crippen LogP contribution >= 0.6 is 11.3 Å². The molecule has 0 bridgehead atoms. The number of thiophene rings is 1. The molecule has 0 saturated carbocycles. The van der Waals surface area contributed by atoms with Gasteiger partial charge in [-0.1, -0.05) is 11.2 Å². The number of anilines is 2. The highest BCUT2D eigenvalue weighted by molar-refractivity contribution is 7.21. The van der Waals surface area contributed by atoms with Crippen LogP contribution in [0.2, 0.25) is 0 Å². The molecule has 7 heteroatoms. The highest BCUT2D eigenvalue weighted by Gasteiger charge is 2.24. The van der Waals surface area contributed by atoms with Gasteiger partial charge in [-0.25, -0.2) is 4.79 Å². The molecule has 0 radical (unpaired) electrons. The highest BCUT2D eigenvalue weighted by atomic mass is 32.1. The number of ether oxygens (including phenoxy) is 1. The smallest absolute Gasteiger partial charge is 0.350 e. The average molecular weight is 367 g/mol. The second-order valence-corrected chi connectivity index (χ2v) is 7.15. The van der Waals surface area contributed by atoms with E-state index in [1.165, 1.54) is 11.3 Å².